The predicted molar refractivity (Wildman–Crippen MR) is 70.1 cm³/mol. The summed E-state index contributed by atoms with van der Waals surface area (Å²) >= 11 is 0. The molecule has 2 aromatic rings. The van der Waals surface area contributed by atoms with Crippen molar-refractivity contribution in [3.05, 3.63) is 6.20 Å². The number of hydrogen-bond acceptors (Lipinski definition) is 7. The number of nitrogens with zero attached hydrogens (tertiary/aromatic N) is 5. The van der Waals surface area contributed by atoms with Crippen molar-refractivity contribution in [2.45, 2.75) is 25.3 Å². The summed E-state index contributed by atoms with van der Waals surface area (Å²) < 4.78 is 0. The summed E-state index contributed by atoms with van der Waals surface area (Å²) in [5, 5.41) is 16.4. The Morgan fingerprint density at radius 1 is 1.53 bits per heavy atom. The number of nitrogens with two attached hydrogens (primary N) is 1. The Bertz CT molecular complexity index is 623. The Kier molecular flexibility index (Phi) is 2.89. The Labute approximate surface area is 109 Å². The number of nitrogens with one attached hydrogen (secondary N) is 2. The molecule has 0 aliphatic heterocycles. The molecule has 8 heteroatoms. The topological polar surface area (TPSA) is 120 Å². The van der Waals surface area contributed by atoms with E-state index in [1.807, 2.05) is 0 Å². The average Bonchev–Trinajstić information content (AvgIpc) is 3.16. The van der Waals surface area contributed by atoms with E-state index in [-0.39, 0.29) is 0 Å². The minimum atomic E-state index is 0.342. The van der Waals surface area contributed by atoms with Gasteiger partial charge in [0.2, 0.25) is 5.95 Å². The quantitative estimate of drug-likeness (QED) is 0.528. The van der Waals surface area contributed by atoms with Gasteiger partial charge in [0, 0.05) is 12.6 Å². The normalized spacial score (nSPS) is 14.3. The van der Waals surface area contributed by atoms with Crippen LogP contribution in [0.15, 0.2) is 6.20 Å². The van der Waals surface area contributed by atoms with Crippen LogP contribution in [0.4, 0.5) is 11.8 Å². The molecule has 0 spiro atoms. The predicted octanol–water partition coefficient (Wildman–Crippen LogP) is 0.521. The fourth-order valence-electron chi connectivity index (χ4n) is 2.12. The van der Waals surface area contributed by atoms with Crippen molar-refractivity contribution in [2.75, 3.05) is 16.9 Å². The standard InChI is InChI=1S/C11H14N8/c12-4-1-5-19(7-2-3-7)10-8-6-14-18-9(8)15-11(16-10)17-13/h6-7H,1-3,5,13H2,(H2,14,15,16,17,18). The van der Waals surface area contributed by atoms with Gasteiger partial charge in [-0.1, -0.05) is 0 Å². The largest absolute Gasteiger partial charge is 0.352 e. The van der Waals surface area contributed by atoms with Crippen LogP contribution >= 0.6 is 0 Å². The molecule has 8 nitrogen and oxygen atoms in total. The SMILES string of the molecule is N#CCCN(c1nc(NN)nc2[nH]ncc12)C1CC1. The third-order valence-electron chi connectivity index (χ3n) is 3.14. The molecule has 3 rings (SSSR count). The van der Waals surface area contributed by atoms with Gasteiger partial charge in [-0.3, -0.25) is 10.5 Å². The first kappa shape index (κ1) is 11.7. The number of fused-ring (bicyclic) bond motifs is 1. The van der Waals surface area contributed by atoms with Crippen LogP contribution in [0, 0.1) is 11.3 Å². The van der Waals surface area contributed by atoms with Crippen LogP contribution in [0.2, 0.25) is 0 Å². The number of hydrazine groups is 1. The van der Waals surface area contributed by atoms with Crippen molar-refractivity contribution >= 4 is 22.8 Å². The van der Waals surface area contributed by atoms with Crippen molar-refractivity contribution < 1.29 is 0 Å². The van der Waals surface area contributed by atoms with E-state index in [1.165, 1.54) is 0 Å². The lowest BCUT2D eigenvalue weighted by Gasteiger charge is -2.23. The highest BCUT2D eigenvalue weighted by molar-refractivity contribution is 5.87. The van der Waals surface area contributed by atoms with Crippen LogP contribution in [0.3, 0.4) is 0 Å². The van der Waals surface area contributed by atoms with Gasteiger partial charge in [0.15, 0.2) is 5.65 Å². The van der Waals surface area contributed by atoms with E-state index < -0.39 is 0 Å². The van der Waals surface area contributed by atoms with E-state index in [4.69, 9.17) is 11.1 Å². The van der Waals surface area contributed by atoms with Gasteiger partial charge in [0.1, 0.15) is 5.82 Å². The molecule has 0 unspecified atom stereocenters. The average molecular weight is 258 g/mol. The zero-order valence-electron chi connectivity index (χ0n) is 10.3. The van der Waals surface area contributed by atoms with Gasteiger partial charge >= 0.3 is 0 Å². The highest BCUT2D eigenvalue weighted by Gasteiger charge is 2.31. The lowest BCUT2D eigenvalue weighted by molar-refractivity contribution is 0.781. The molecule has 1 aliphatic carbocycles. The minimum Gasteiger partial charge on any atom is -0.352 e. The lowest BCUT2D eigenvalue weighted by atomic mass is 10.3. The third kappa shape index (κ3) is 2.15. The van der Waals surface area contributed by atoms with Gasteiger partial charge in [0.25, 0.3) is 0 Å². The molecular formula is C11H14N8. The summed E-state index contributed by atoms with van der Waals surface area (Å²) in [6.45, 7) is 0.655. The molecule has 0 radical (unpaired) electrons. The molecule has 0 bridgehead atoms. The number of nitrogen functional groups attached to an aromatic ring is 1. The molecule has 19 heavy (non-hydrogen) atoms. The maximum Gasteiger partial charge on any atom is 0.241 e. The number of H-pyrrole nitrogens is 1. The first-order valence-electron chi connectivity index (χ1n) is 6.15. The van der Waals surface area contributed by atoms with Gasteiger partial charge < -0.3 is 4.90 Å². The molecule has 0 amide bonds. The number of aromatic nitrogens is 4. The third-order valence-corrected chi connectivity index (χ3v) is 3.14. The minimum absolute atomic E-state index is 0.342. The number of aromatic amines is 1. The van der Waals surface area contributed by atoms with Crippen LogP contribution in [-0.2, 0) is 0 Å². The molecule has 2 aromatic heterocycles. The number of hydrogen-bond donors (Lipinski definition) is 3. The van der Waals surface area contributed by atoms with Crippen molar-refractivity contribution in [3.63, 3.8) is 0 Å². The van der Waals surface area contributed by atoms with E-state index in [2.05, 4.69) is 36.6 Å². The zero-order valence-corrected chi connectivity index (χ0v) is 10.3. The highest BCUT2D eigenvalue weighted by Crippen LogP contribution is 2.34. The second kappa shape index (κ2) is 4.70. The van der Waals surface area contributed by atoms with Gasteiger partial charge in [-0.2, -0.15) is 20.3 Å². The second-order valence-electron chi connectivity index (χ2n) is 4.48. The van der Waals surface area contributed by atoms with Crippen LogP contribution in [0.1, 0.15) is 19.3 Å². The van der Waals surface area contributed by atoms with E-state index in [0.29, 0.717) is 30.6 Å². The van der Waals surface area contributed by atoms with Crippen molar-refractivity contribution in [3.8, 4) is 6.07 Å². The van der Waals surface area contributed by atoms with E-state index in [1.54, 1.807) is 6.20 Å². The summed E-state index contributed by atoms with van der Waals surface area (Å²) in [7, 11) is 0. The van der Waals surface area contributed by atoms with Crippen LogP contribution in [0.25, 0.3) is 11.0 Å². The Morgan fingerprint density at radius 2 is 2.37 bits per heavy atom. The number of rotatable bonds is 5. The van der Waals surface area contributed by atoms with Crippen LogP contribution in [-0.4, -0.2) is 32.8 Å². The Morgan fingerprint density at radius 3 is 3.05 bits per heavy atom. The van der Waals surface area contributed by atoms with Crippen molar-refractivity contribution in [2.24, 2.45) is 5.84 Å². The molecule has 0 aromatic carbocycles. The maximum absolute atomic E-state index is 8.78. The van der Waals surface area contributed by atoms with E-state index in [0.717, 1.165) is 24.0 Å². The zero-order chi connectivity index (χ0) is 13.2. The molecule has 0 saturated heterocycles. The number of anilines is 2. The van der Waals surface area contributed by atoms with Gasteiger partial charge in [-0.05, 0) is 12.8 Å². The van der Waals surface area contributed by atoms with Gasteiger partial charge in [-0.25, -0.2) is 5.84 Å². The number of nitriles is 1. The first-order chi connectivity index (χ1) is 9.33. The molecule has 1 aliphatic rings. The summed E-state index contributed by atoms with van der Waals surface area (Å²) in [4.78, 5) is 10.8. The molecule has 4 N–H and O–H groups in total. The van der Waals surface area contributed by atoms with Gasteiger partial charge in [-0.15, -0.1) is 0 Å². The molecular weight excluding hydrogens is 244 g/mol. The first-order valence-corrected chi connectivity index (χ1v) is 6.15. The van der Waals surface area contributed by atoms with E-state index in [9.17, 15) is 0 Å². The van der Waals surface area contributed by atoms with Crippen LogP contribution in [0.5, 0.6) is 0 Å². The molecule has 2 heterocycles. The second-order valence-corrected chi connectivity index (χ2v) is 4.48. The monoisotopic (exact) mass is 258 g/mol. The summed E-state index contributed by atoms with van der Waals surface area (Å²) in [5.74, 6) is 6.51. The lowest BCUT2D eigenvalue weighted by Crippen LogP contribution is -2.28. The van der Waals surface area contributed by atoms with Crippen molar-refractivity contribution in [1.29, 1.82) is 5.26 Å². The fourth-order valence-corrected chi connectivity index (χ4v) is 2.12. The molecule has 1 saturated carbocycles. The molecule has 1 fully saturated rings. The molecule has 98 valence electrons. The van der Waals surface area contributed by atoms with Crippen molar-refractivity contribution in [1.82, 2.24) is 20.2 Å². The summed E-state index contributed by atoms with van der Waals surface area (Å²) in [6.07, 6.45) is 4.41. The van der Waals surface area contributed by atoms with E-state index >= 15 is 0 Å². The summed E-state index contributed by atoms with van der Waals surface area (Å²) in [5.41, 5.74) is 3.10. The molecule has 0 atom stereocenters. The smallest absolute Gasteiger partial charge is 0.241 e. The Hall–Kier alpha value is -2.40. The van der Waals surface area contributed by atoms with Gasteiger partial charge in [0.05, 0.1) is 24.1 Å². The summed E-state index contributed by atoms with van der Waals surface area (Å²) in [6, 6.07) is 2.62. The Balaban J connectivity index is 2.05. The van der Waals surface area contributed by atoms with Crippen LogP contribution < -0.4 is 16.2 Å². The maximum atomic E-state index is 8.78. The fraction of sp³-hybridized carbons (Fsp3) is 0.455. The highest BCUT2D eigenvalue weighted by atomic mass is 15.3.